The van der Waals surface area contributed by atoms with Crippen LogP contribution in [0.2, 0.25) is 0 Å². The van der Waals surface area contributed by atoms with Crippen molar-refractivity contribution >= 4 is 17.6 Å². The van der Waals surface area contributed by atoms with Gasteiger partial charge in [0.25, 0.3) is 0 Å². The Morgan fingerprint density at radius 2 is 1.68 bits per heavy atom. The number of rotatable bonds is 3. The Bertz CT molecular complexity index is 538. The Kier molecular flexibility index (Phi) is 2.85. The van der Waals surface area contributed by atoms with Crippen molar-refractivity contribution < 1.29 is 14.7 Å². The number of anilines is 1. The van der Waals surface area contributed by atoms with E-state index in [-0.39, 0.29) is 17.7 Å². The smallest absolute Gasteiger partial charge is 0.228 e. The number of para-hydroxylation sites is 1. The first-order valence-electron chi connectivity index (χ1n) is 6.42. The molecule has 98 valence electrons. The van der Waals surface area contributed by atoms with Gasteiger partial charge in [-0.05, 0) is 30.4 Å². The third-order valence-corrected chi connectivity index (χ3v) is 4.08. The molecule has 2 aliphatic carbocycles. The van der Waals surface area contributed by atoms with Crippen LogP contribution in [0, 0.1) is 23.7 Å². The summed E-state index contributed by atoms with van der Waals surface area (Å²) in [6, 6.07) is 9.09. The predicted molar refractivity (Wildman–Crippen MR) is 67.8 cm³/mol. The Balaban J connectivity index is 1.79. The van der Waals surface area contributed by atoms with E-state index in [9.17, 15) is 14.7 Å². The number of amides is 1. The van der Waals surface area contributed by atoms with Crippen molar-refractivity contribution in [3.63, 3.8) is 0 Å². The lowest BCUT2D eigenvalue weighted by molar-refractivity contribution is -0.313. The van der Waals surface area contributed by atoms with Crippen LogP contribution < -0.4 is 10.4 Å². The second-order valence-corrected chi connectivity index (χ2v) is 5.17. The molecule has 0 radical (unpaired) electrons. The summed E-state index contributed by atoms with van der Waals surface area (Å²) < 4.78 is 0. The number of carbonyl (C=O) groups is 2. The lowest BCUT2D eigenvalue weighted by Gasteiger charge is -2.27. The summed E-state index contributed by atoms with van der Waals surface area (Å²) >= 11 is 0. The molecule has 1 fully saturated rings. The number of aliphatic carboxylic acids is 1. The molecule has 2 aliphatic rings. The lowest BCUT2D eigenvalue weighted by Crippen LogP contribution is -2.42. The van der Waals surface area contributed by atoms with Crippen molar-refractivity contribution in [2.24, 2.45) is 23.7 Å². The highest BCUT2D eigenvalue weighted by molar-refractivity contribution is 5.96. The number of hydrogen-bond acceptors (Lipinski definition) is 3. The van der Waals surface area contributed by atoms with Gasteiger partial charge in [-0.15, -0.1) is 0 Å². The van der Waals surface area contributed by atoms with E-state index < -0.39 is 17.8 Å². The zero-order valence-electron chi connectivity index (χ0n) is 10.3. The van der Waals surface area contributed by atoms with E-state index in [1.54, 1.807) is 12.1 Å². The van der Waals surface area contributed by atoms with E-state index in [1.165, 1.54) is 0 Å². The van der Waals surface area contributed by atoms with Crippen molar-refractivity contribution in [3.05, 3.63) is 42.5 Å². The summed E-state index contributed by atoms with van der Waals surface area (Å²) in [6.45, 7) is 0. The molecule has 4 atom stereocenters. The van der Waals surface area contributed by atoms with Gasteiger partial charge in [0.05, 0.1) is 5.92 Å². The fourth-order valence-corrected chi connectivity index (χ4v) is 3.25. The van der Waals surface area contributed by atoms with Crippen LogP contribution in [0.15, 0.2) is 42.5 Å². The average Bonchev–Trinajstić information content (AvgIpc) is 2.99. The molecule has 0 heterocycles. The van der Waals surface area contributed by atoms with Crippen molar-refractivity contribution in [2.75, 3.05) is 5.32 Å². The van der Waals surface area contributed by atoms with Crippen LogP contribution in [0.1, 0.15) is 6.42 Å². The third kappa shape index (κ3) is 2.03. The molecule has 3 rings (SSSR count). The standard InChI is InChI=1S/C15H15NO3/c17-14(16-11-4-2-1-3-5-11)12-9-6-7-10(8-9)13(12)15(18)19/h1-7,9-10,12-13H,8H2,(H,16,17)(H,18,19)/p-1/t9-,10-,12-,13-/m0/s1. The molecule has 1 N–H and O–H groups in total. The summed E-state index contributed by atoms with van der Waals surface area (Å²) in [5.74, 6) is -2.58. The maximum Gasteiger partial charge on any atom is 0.228 e. The number of allylic oxidation sites excluding steroid dienone is 2. The summed E-state index contributed by atoms with van der Waals surface area (Å²) in [5.41, 5.74) is 0.691. The van der Waals surface area contributed by atoms with Gasteiger partial charge in [-0.1, -0.05) is 30.4 Å². The third-order valence-electron chi connectivity index (χ3n) is 4.08. The molecule has 4 heteroatoms. The van der Waals surface area contributed by atoms with Crippen LogP contribution in [-0.4, -0.2) is 11.9 Å². The number of carbonyl (C=O) groups excluding carboxylic acids is 2. The van der Waals surface area contributed by atoms with Gasteiger partial charge in [0.1, 0.15) is 0 Å². The van der Waals surface area contributed by atoms with Crippen molar-refractivity contribution in [3.8, 4) is 0 Å². The molecule has 1 aromatic rings. The van der Waals surface area contributed by atoms with Gasteiger partial charge in [0.2, 0.25) is 5.91 Å². The Morgan fingerprint density at radius 1 is 1.05 bits per heavy atom. The van der Waals surface area contributed by atoms with E-state index in [0.29, 0.717) is 5.69 Å². The lowest BCUT2D eigenvalue weighted by atomic mass is 9.82. The molecular weight excluding hydrogens is 242 g/mol. The van der Waals surface area contributed by atoms with Crippen LogP contribution in [0.5, 0.6) is 0 Å². The van der Waals surface area contributed by atoms with Gasteiger partial charge in [-0.3, -0.25) is 4.79 Å². The topological polar surface area (TPSA) is 69.2 Å². The molecule has 0 spiro atoms. The van der Waals surface area contributed by atoms with Crippen molar-refractivity contribution in [1.82, 2.24) is 0 Å². The Labute approximate surface area is 111 Å². The normalized spacial score (nSPS) is 31.4. The van der Waals surface area contributed by atoms with Gasteiger partial charge < -0.3 is 15.2 Å². The van der Waals surface area contributed by atoms with Crippen LogP contribution in [0.4, 0.5) is 5.69 Å². The predicted octanol–water partition coefficient (Wildman–Crippen LogP) is 0.813. The average molecular weight is 256 g/mol. The highest BCUT2D eigenvalue weighted by Gasteiger charge is 2.48. The van der Waals surface area contributed by atoms with Gasteiger partial charge in [-0.25, -0.2) is 0 Å². The SMILES string of the molecule is O=C([O-])[C@@H]1[C@@H](C(=O)Nc2ccccc2)[C@H]2C=C[C@H]1C2. The van der Waals surface area contributed by atoms with Crippen LogP contribution in [-0.2, 0) is 9.59 Å². The molecule has 1 saturated carbocycles. The minimum Gasteiger partial charge on any atom is -0.550 e. The van der Waals surface area contributed by atoms with Crippen molar-refractivity contribution in [1.29, 1.82) is 0 Å². The molecule has 0 aromatic heterocycles. The van der Waals surface area contributed by atoms with E-state index in [2.05, 4.69) is 5.32 Å². The first-order chi connectivity index (χ1) is 9.16. The Hall–Kier alpha value is -2.10. The molecule has 2 bridgehead atoms. The molecule has 0 unspecified atom stereocenters. The summed E-state index contributed by atoms with van der Waals surface area (Å²) in [6.07, 6.45) is 4.60. The van der Waals surface area contributed by atoms with Gasteiger partial charge in [-0.2, -0.15) is 0 Å². The molecule has 4 nitrogen and oxygen atoms in total. The molecular formula is C15H14NO3-. The minimum atomic E-state index is -1.12. The van der Waals surface area contributed by atoms with Gasteiger partial charge >= 0.3 is 0 Å². The zero-order valence-corrected chi connectivity index (χ0v) is 10.3. The van der Waals surface area contributed by atoms with Crippen LogP contribution >= 0.6 is 0 Å². The van der Waals surface area contributed by atoms with Crippen LogP contribution in [0.25, 0.3) is 0 Å². The number of nitrogens with one attached hydrogen (secondary N) is 1. The summed E-state index contributed by atoms with van der Waals surface area (Å²) in [4.78, 5) is 23.5. The molecule has 0 saturated heterocycles. The molecule has 0 aliphatic heterocycles. The summed E-state index contributed by atoms with van der Waals surface area (Å²) in [7, 11) is 0. The van der Waals surface area contributed by atoms with E-state index in [0.717, 1.165) is 6.42 Å². The highest BCUT2D eigenvalue weighted by atomic mass is 16.4. The number of carboxylic acids is 1. The maximum absolute atomic E-state index is 12.3. The van der Waals surface area contributed by atoms with E-state index in [1.807, 2.05) is 30.4 Å². The number of carboxylic acid groups (broad SMARTS) is 1. The zero-order chi connectivity index (χ0) is 13.4. The van der Waals surface area contributed by atoms with Gasteiger partial charge in [0, 0.05) is 17.6 Å². The highest BCUT2D eigenvalue weighted by Crippen LogP contribution is 2.48. The molecule has 19 heavy (non-hydrogen) atoms. The summed E-state index contributed by atoms with van der Waals surface area (Å²) in [5, 5.41) is 14.0. The largest absolute Gasteiger partial charge is 0.550 e. The molecule has 1 amide bonds. The first-order valence-corrected chi connectivity index (χ1v) is 6.42. The fraction of sp³-hybridized carbons (Fsp3) is 0.333. The maximum atomic E-state index is 12.3. The van der Waals surface area contributed by atoms with Gasteiger partial charge in [0.15, 0.2) is 0 Å². The monoisotopic (exact) mass is 256 g/mol. The minimum absolute atomic E-state index is 0.0246. The number of hydrogen-bond donors (Lipinski definition) is 1. The van der Waals surface area contributed by atoms with E-state index >= 15 is 0 Å². The first kappa shape index (κ1) is 12.0. The van der Waals surface area contributed by atoms with Crippen LogP contribution in [0.3, 0.4) is 0 Å². The fourth-order valence-electron chi connectivity index (χ4n) is 3.25. The number of fused-ring (bicyclic) bond motifs is 2. The number of benzene rings is 1. The second-order valence-electron chi connectivity index (χ2n) is 5.17. The van der Waals surface area contributed by atoms with E-state index in [4.69, 9.17) is 0 Å². The molecule has 1 aromatic carbocycles. The quantitative estimate of drug-likeness (QED) is 0.814. The Morgan fingerprint density at radius 3 is 2.32 bits per heavy atom. The second kappa shape index (κ2) is 4.53. The van der Waals surface area contributed by atoms with Crippen molar-refractivity contribution in [2.45, 2.75) is 6.42 Å².